The summed E-state index contributed by atoms with van der Waals surface area (Å²) in [4.78, 5) is 15.7. The lowest BCUT2D eigenvalue weighted by molar-refractivity contribution is 0.0936. The summed E-state index contributed by atoms with van der Waals surface area (Å²) in [5.41, 5.74) is 0.367. The highest BCUT2D eigenvalue weighted by Gasteiger charge is 2.29. The predicted molar refractivity (Wildman–Crippen MR) is 61.4 cm³/mol. The molecule has 0 bridgehead atoms. The van der Waals surface area contributed by atoms with Crippen LogP contribution < -0.4 is 5.32 Å². The van der Waals surface area contributed by atoms with Crippen LogP contribution in [0.5, 0.6) is 0 Å². The molecule has 1 aliphatic heterocycles. The smallest absolute Gasteiger partial charge is 0.271 e. The monoisotopic (exact) mass is 260 g/mol. The van der Waals surface area contributed by atoms with E-state index in [1.165, 1.54) is 11.3 Å². The summed E-state index contributed by atoms with van der Waals surface area (Å²) in [6.45, 7) is 1.82. The molecule has 1 N–H and O–H groups in total. The second-order valence-electron chi connectivity index (χ2n) is 3.83. The van der Waals surface area contributed by atoms with E-state index in [1.54, 1.807) is 5.38 Å². The van der Waals surface area contributed by atoms with Crippen LogP contribution in [0, 0.1) is 6.92 Å². The van der Waals surface area contributed by atoms with E-state index in [4.69, 9.17) is 0 Å². The summed E-state index contributed by atoms with van der Waals surface area (Å²) >= 11 is 1.40. The molecule has 1 atom stereocenters. The van der Waals surface area contributed by atoms with Crippen molar-refractivity contribution in [3.8, 4) is 0 Å². The maximum atomic E-state index is 11.7. The molecule has 1 amide bonds. The van der Waals surface area contributed by atoms with Crippen molar-refractivity contribution in [2.45, 2.75) is 19.4 Å². The standard InChI is InChI=1S/C9H12N2O3S2/c1-6-10-8(4-15-6)9(12)11-7-2-3-16(13,14)5-7/h4,7H,2-3,5H2,1H3,(H,11,12). The number of carbonyl (C=O) groups excluding carboxylic acids is 1. The van der Waals surface area contributed by atoms with Crippen molar-refractivity contribution in [2.24, 2.45) is 0 Å². The van der Waals surface area contributed by atoms with Crippen LogP contribution in [0.2, 0.25) is 0 Å². The molecule has 88 valence electrons. The molecule has 1 aliphatic rings. The molecule has 0 saturated carbocycles. The molecule has 16 heavy (non-hydrogen) atoms. The fourth-order valence-electron chi connectivity index (χ4n) is 1.64. The zero-order chi connectivity index (χ0) is 11.8. The summed E-state index contributed by atoms with van der Waals surface area (Å²) in [5.74, 6) is -0.0814. The maximum Gasteiger partial charge on any atom is 0.271 e. The Bertz CT molecular complexity index is 507. The number of sulfone groups is 1. The number of amides is 1. The van der Waals surface area contributed by atoms with Crippen molar-refractivity contribution in [3.63, 3.8) is 0 Å². The van der Waals surface area contributed by atoms with E-state index in [0.717, 1.165) is 5.01 Å². The summed E-state index contributed by atoms with van der Waals surface area (Å²) in [6, 6.07) is -0.264. The van der Waals surface area contributed by atoms with Gasteiger partial charge in [0.05, 0.1) is 16.5 Å². The molecule has 2 rings (SSSR count). The van der Waals surface area contributed by atoms with Crippen molar-refractivity contribution < 1.29 is 13.2 Å². The van der Waals surface area contributed by atoms with Crippen molar-refractivity contribution in [1.82, 2.24) is 10.3 Å². The number of rotatable bonds is 2. The van der Waals surface area contributed by atoms with Gasteiger partial charge in [-0.3, -0.25) is 4.79 Å². The number of aryl methyl sites for hydroxylation is 1. The lowest BCUT2D eigenvalue weighted by atomic mass is 10.2. The molecular formula is C9H12N2O3S2. The minimum Gasteiger partial charge on any atom is -0.347 e. The number of aromatic nitrogens is 1. The van der Waals surface area contributed by atoms with Crippen molar-refractivity contribution >= 4 is 27.1 Å². The van der Waals surface area contributed by atoms with Gasteiger partial charge in [0.1, 0.15) is 5.69 Å². The van der Waals surface area contributed by atoms with Crippen LogP contribution in [-0.2, 0) is 9.84 Å². The first-order valence-corrected chi connectivity index (χ1v) is 7.60. The lowest BCUT2D eigenvalue weighted by Gasteiger charge is -2.08. The van der Waals surface area contributed by atoms with Crippen LogP contribution in [0.25, 0.3) is 0 Å². The number of nitrogens with zero attached hydrogens (tertiary/aromatic N) is 1. The Morgan fingerprint density at radius 2 is 2.38 bits per heavy atom. The highest BCUT2D eigenvalue weighted by Crippen LogP contribution is 2.13. The summed E-state index contributed by atoms with van der Waals surface area (Å²) in [5, 5.41) is 5.19. The van der Waals surface area contributed by atoms with Crippen LogP contribution in [0.4, 0.5) is 0 Å². The number of hydrogen-bond acceptors (Lipinski definition) is 5. The largest absolute Gasteiger partial charge is 0.347 e. The summed E-state index contributed by atoms with van der Waals surface area (Å²) in [7, 11) is -2.95. The average Bonchev–Trinajstić information content (AvgIpc) is 2.73. The Labute approximate surface area is 97.8 Å². The first-order valence-electron chi connectivity index (χ1n) is 4.90. The van der Waals surface area contributed by atoms with Gasteiger partial charge in [-0.1, -0.05) is 0 Å². The maximum absolute atomic E-state index is 11.7. The Hall–Kier alpha value is -0.950. The normalized spacial score (nSPS) is 23.2. The highest BCUT2D eigenvalue weighted by atomic mass is 32.2. The molecule has 0 spiro atoms. The molecular weight excluding hydrogens is 248 g/mol. The molecule has 2 heterocycles. The number of hydrogen-bond donors (Lipinski definition) is 1. The Kier molecular flexibility index (Phi) is 2.98. The Morgan fingerprint density at radius 3 is 2.88 bits per heavy atom. The molecule has 0 radical (unpaired) electrons. The molecule has 1 unspecified atom stereocenters. The van der Waals surface area contributed by atoms with Gasteiger partial charge in [0.25, 0.3) is 5.91 Å². The Balaban J connectivity index is 1.99. The van der Waals surface area contributed by atoms with E-state index in [-0.39, 0.29) is 23.5 Å². The van der Waals surface area contributed by atoms with Crippen LogP contribution in [0.15, 0.2) is 5.38 Å². The van der Waals surface area contributed by atoms with Gasteiger partial charge in [-0.05, 0) is 13.3 Å². The van der Waals surface area contributed by atoms with Gasteiger partial charge in [-0.2, -0.15) is 0 Å². The molecule has 1 aromatic rings. The number of carbonyl (C=O) groups is 1. The zero-order valence-corrected chi connectivity index (χ0v) is 10.4. The van der Waals surface area contributed by atoms with E-state index >= 15 is 0 Å². The lowest BCUT2D eigenvalue weighted by Crippen LogP contribution is -2.35. The molecule has 5 nitrogen and oxygen atoms in total. The topological polar surface area (TPSA) is 76.1 Å². The highest BCUT2D eigenvalue weighted by molar-refractivity contribution is 7.91. The van der Waals surface area contributed by atoms with E-state index in [1.807, 2.05) is 6.92 Å². The molecule has 0 aromatic carbocycles. The van der Waals surface area contributed by atoms with Gasteiger partial charge < -0.3 is 5.32 Å². The van der Waals surface area contributed by atoms with Crippen LogP contribution in [-0.4, -0.2) is 36.9 Å². The first-order chi connectivity index (χ1) is 7.46. The molecule has 7 heteroatoms. The third kappa shape index (κ3) is 2.59. The third-order valence-electron chi connectivity index (χ3n) is 2.42. The van der Waals surface area contributed by atoms with Crippen molar-refractivity contribution in [1.29, 1.82) is 0 Å². The quantitative estimate of drug-likeness (QED) is 0.833. The molecule has 0 aliphatic carbocycles. The van der Waals surface area contributed by atoms with E-state index < -0.39 is 9.84 Å². The SMILES string of the molecule is Cc1nc(C(=O)NC2CCS(=O)(=O)C2)cs1. The predicted octanol–water partition coefficient (Wildman–Crippen LogP) is 0.368. The number of thiazole rings is 1. The molecule has 1 fully saturated rings. The van der Waals surface area contributed by atoms with Crippen LogP contribution in [0.3, 0.4) is 0 Å². The molecule has 1 saturated heterocycles. The van der Waals surface area contributed by atoms with Gasteiger partial charge in [0.2, 0.25) is 0 Å². The van der Waals surface area contributed by atoms with Crippen LogP contribution in [0.1, 0.15) is 21.9 Å². The Morgan fingerprint density at radius 1 is 1.62 bits per heavy atom. The fourth-order valence-corrected chi connectivity index (χ4v) is 3.90. The minimum atomic E-state index is -2.95. The van der Waals surface area contributed by atoms with Gasteiger partial charge in [0.15, 0.2) is 9.84 Å². The first kappa shape index (κ1) is 11.5. The number of nitrogens with one attached hydrogen (secondary N) is 1. The van der Waals surface area contributed by atoms with E-state index in [2.05, 4.69) is 10.3 Å². The summed E-state index contributed by atoms with van der Waals surface area (Å²) < 4.78 is 22.4. The van der Waals surface area contributed by atoms with Gasteiger partial charge in [-0.25, -0.2) is 13.4 Å². The summed E-state index contributed by atoms with van der Waals surface area (Å²) in [6.07, 6.45) is 0.497. The zero-order valence-electron chi connectivity index (χ0n) is 8.76. The van der Waals surface area contributed by atoms with Crippen molar-refractivity contribution in [2.75, 3.05) is 11.5 Å². The van der Waals surface area contributed by atoms with Gasteiger partial charge >= 0.3 is 0 Å². The second-order valence-corrected chi connectivity index (χ2v) is 7.12. The second kappa shape index (κ2) is 4.14. The third-order valence-corrected chi connectivity index (χ3v) is 4.96. The van der Waals surface area contributed by atoms with Crippen LogP contribution >= 0.6 is 11.3 Å². The average molecular weight is 260 g/mol. The van der Waals surface area contributed by atoms with E-state index in [9.17, 15) is 13.2 Å². The van der Waals surface area contributed by atoms with Gasteiger partial charge in [-0.15, -0.1) is 11.3 Å². The van der Waals surface area contributed by atoms with Crippen molar-refractivity contribution in [3.05, 3.63) is 16.1 Å². The fraction of sp³-hybridized carbons (Fsp3) is 0.556. The molecule has 1 aromatic heterocycles. The van der Waals surface area contributed by atoms with E-state index in [0.29, 0.717) is 12.1 Å². The minimum absolute atomic E-state index is 0.0435. The van der Waals surface area contributed by atoms with Gasteiger partial charge in [0, 0.05) is 11.4 Å².